The van der Waals surface area contributed by atoms with Crippen LogP contribution < -0.4 is 11.1 Å². The van der Waals surface area contributed by atoms with Gasteiger partial charge >= 0.3 is 0 Å². The predicted octanol–water partition coefficient (Wildman–Crippen LogP) is 2.23. The van der Waals surface area contributed by atoms with E-state index < -0.39 is 0 Å². The fraction of sp³-hybridized carbons (Fsp3) is 0.529. The number of nitrogens with two attached hydrogens (primary N) is 1. The van der Waals surface area contributed by atoms with E-state index in [9.17, 15) is 4.79 Å². The van der Waals surface area contributed by atoms with Gasteiger partial charge in [0.15, 0.2) is 5.96 Å². The van der Waals surface area contributed by atoms with E-state index >= 15 is 0 Å². The summed E-state index contributed by atoms with van der Waals surface area (Å²) in [6, 6.07) is 7.60. The van der Waals surface area contributed by atoms with Crippen LogP contribution >= 0.6 is 24.0 Å². The number of hydrogen-bond acceptors (Lipinski definition) is 3. The number of ether oxygens (including phenoxy) is 1. The van der Waals surface area contributed by atoms with E-state index in [-0.39, 0.29) is 35.9 Å². The van der Waals surface area contributed by atoms with Crippen LogP contribution in [0.4, 0.5) is 0 Å². The highest BCUT2D eigenvalue weighted by atomic mass is 127. The van der Waals surface area contributed by atoms with Crippen LogP contribution in [-0.4, -0.2) is 49.6 Å². The molecule has 0 heterocycles. The van der Waals surface area contributed by atoms with Crippen molar-refractivity contribution in [2.24, 2.45) is 10.7 Å². The number of rotatable bonds is 8. The maximum absolute atomic E-state index is 12.2. The predicted molar refractivity (Wildman–Crippen MR) is 109 cm³/mol. The molecule has 24 heavy (non-hydrogen) atoms. The number of methoxy groups -OCH3 is 1. The maximum Gasteiger partial charge on any atom is 0.253 e. The third kappa shape index (κ3) is 7.48. The minimum Gasteiger partial charge on any atom is -0.383 e. The van der Waals surface area contributed by atoms with Crippen molar-refractivity contribution in [3.63, 3.8) is 0 Å². The number of carbonyl (C=O) groups excluding carboxylic acids is 1. The smallest absolute Gasteiger partial charge is 0.253 e. The molecule has 0 fully saturated rings. The molecule has 0 saturated heterocycles. The van der Waals surface area contributed by atoms with Crippen LogP contribution in [0.1, 0.15) is 36.7 Å². The summed E-state index contributed by atoms with van der Waals surface area (Å²) in [5, 5.41) is 3.05. The number of aliphatic imine (C=N–C) groups is 1. The third-order valence-electron chi connectivity index (χ3n) is 3.49. The Morgan fingerprint density at radius 1 is 1.29 bits per heavy atom. The first-order valence-electron chi connectivity index (χ1n) is 7.95. The molecule has 0 aromatic heterocycles. The van der Waals surface area contributed by atoms with Crippen molar-refractivity contribution < 1.29 is 9.53 Å². The van der Waals surface area contributed by atoms with Gasteiger partial charge in [-0.1, -0.05) is 12.1 Å². The number of benzene rings is 1. The molecule has 0 radical (unpaired) electrons. The lowest BCUT2D eigenvalue weighted by Gasteiger charge is -2.18. The number of guanidine groups is 1. The van der Waals surface area contributed by atoms with Crippen LogP contribution in [0.2, 0.25) is 0 Å². The molecule has 1 aromatic carbocycles. The van der Waals surface area contributed by atoms with Crippen LogP contribution in [-0.2, 0) is 11.3 Å². The van der Waals surface area contributed by atoms with Gasteiger partial charge in [-0.25, -0.2) is 4.99 Å². The number of halogens is 1. The monoisotopic (exact) mass is 448 g/mol. The highest BCUT2D eigenvalue weighted by Gasteiger charge is 2.11. The maximum atomic E-state index is 12.2. The molecule has 1 rings (SSSR count). The summed E-state index contributed by atoms with van der Waals surface area (Å²) in [7, 11) is 1.65. The van der Waals surface area contributed by atoms with Gasteiger partial charge in [-0.3, -0.25) is 4.79 Å². The van der Waals surface area contributed by atoms with Gasteiger partial charge in [0.05, 0.1) is 13.2 Å². The van der Waals surface area contributed by atoms with E-state index in [1.165, 1.54) is 0 Å². The van der Waals surface area contributed by atoms with Crippen molar-refractivity contribution >= 4 is 35.8 Å². The number of nitrogens with one attached hydrogen (secondary N) is 1. The van der Waals surface area contributed by atoms with Gasteiger partial charge in [0.25, 0.3) is 5.91 Å². The number of amides is 1. The van der Waals surface area contributed by atoms with Crippen molar-refractivity contribution in [2.75, 3.05) is 26.8 Å². The first-order chi connectivity index (χ1) is 11.0. The van der Waals surface area contributed by atoms with Gasteiger partial charge in [-0.2, -0.15) is 0 Å². The van der Waals surface area contributed by atoms with E-state index in [0.717, 1.165) is 5.56 Å². The summed E-state index contributed by atoms with van der Waals surface area (Å²) >= 11 is 0. The zero-order valence-electron chi connectivity index (χ0n) is 14.9. The molecule has 136 valence electrons. The number of nitrogens with zero attached hydrogens (tertiary/aromatic N) is 2. The Morgan fingerprint density at radius 3 is 2.38 bits per heavy atom. The summed E-state index contributed by atoms with van der Waals surface area (Å²) in [4.78, 5) is 18.3. The van der Waals surface area contributed by atoms with Gasteiger partial charge in [-0.05, 0) is 38.5 Å². The quantitative estimate of drug-likeness (QED) is 0.363. The van der Waals surface area contributed by atoms with Gasteiger partial charge < -0.3 is 20.7 Å². The standard InChI is InChI=1S/C17H28N4O2.HI/c1-5-21(6-2)16(22)15-9-7-14(8-10-15)11-19-17(18)20-13(3)12-23-4;/h7-10,13H,5-6,11-12H2,1-4H3,(H3,18,19,20);1H. The topological polar surface area (TPSA) is 80.0 Å². The lowest BCUT2D eigenvalue weighted by atomic mass is 10.1. The molecule has 3 N–H and O–H groups in total. The first kappa shape index (κ1) is 22.6. The van der Waals surface area contributed by atoms with Crippen molar-refractivity contribution in [3.05, 3.63) is 35.4 Å². The molecule has 0 bridgehead atoms. The van der Waals surface area contributed by atoms with E-state index in [1.54, 1.807) is 12.0 Å². The number of hydrogen-bond donors (Lipinski definition) is 2. The Hall–Kier alpha value is -1.35. The molecule has 1 atom stereocenters. The molecule has 0 aliphatic heterocycles. The van der Waals surface area contributed by atoms with Crippen molar-refractivity contribution in [1.29, 1.82) is 0 Å². The minimum absolute atomic E-state index is 0. The molecular weight excluding hydrogens is 419 g/mol. The Balaban J connectivity index is 0.00000529. The molecule has 1 unspecified atom stereocenters. The largest absolute Gasteiger partial charge is 0.383 e. The highest BCUT2D eigenvalue weighted by molar-refractivity contribution is 14.0. The van der Waals surface area contributed by atoms with Crippen LogP contribution in [0, 0.1) is 0 Å². The molecular formula is C17H29IN4O2. The summed E-state index contributed by atoms with van der Waals surface area (Å²) in [5.74, 6) is 0.442. The second-order valence-electron chi connectivity index (χ2n) is 5.38. The summed E-state index contributed by atoms with van der Waals surface area (Å²) < 4.78 is 5.03. The van der Waals surface area contributed by atoms with Crippen molar-refractivity contribution in [1.82, 2.24) is 10.2 Å². The fourth-order valence-corrected chi connectivity index (χ4v) is 2.21. The van der Waals surface area contributed by atoms with Gasteiger partial charge in [0, 0.05) is 31.8 Å². The van der Waals surface area contributed by atoms with E-state index in [1.807, 2.05) is 45.0 Å². The van der Waals surface area contributed by atoms with Crippen LogP contribution in [0.3, 0.4) is 0 Å². The molecule has 0 spiro atoms. The molecule has 1 amide bonds. The third-order valence-corrected chi connectivity index (χ3v) is 3.49. The van der Waals surface area contributed by atoms with E-state index in [2.05, 4.69) is 10.3 Å². The van der Waals surface area contributed by atoms with Crippen molar-refractivity contribution in [3.8, 4) is 0 Å². The lowest BCUT2D eigenvalue weighted by molar-refractivity contribution is 0.0773. The molecule has 0 aliphatic rings. The molecule has 0 saturated carbocycles. The first-order valence-corrected chi connectivity index (χ1v) is 7.95. The zero-order valence-corrected chi connectivity index (χ0v) is 17.2. The Labute approximate surface area is 161 Å². The lowest BCUT2D eigenvalue weighted by Crippen LogP contribution is -2.40. The van der Waals surface area contributed by atoms with E-state index in [4.69, 9.17) is 10.5 Å². The minimum atomic E-state index is 0. The average molecular weight is 448 g/mol. The Kier molecular flexibility index (Phi) is 11.4. The zero-order chi connectivity index (χ0) is 17.2. The second kappa shape index (κ2) is 12.1. The molecule has 1 aromatic rings. The summed E-state index contributed by atoms with van der Waals surface area (Å²) in [6.07, 6.45) is 0. The van der Waals surface area contributed by atoms with Crippen molar-refractivity contribution in [2.45, 2.75) is 33.4 Å². The van der Waals surface area contributed by atoms with Gasteiger partial charge in [0.2, 0.25) is 0 Å². The SMILES string of the molecule is CCN(CC)C(=O)c1ccc(CN=C(N)NC(C)COC)cc1.I. The Morgan fingerprint density at radius 2 is 1.88 bits per heavy atom. The normalized spacial score (nSPS) is 12.2. The highest BCUT2D eigenvalue weighted by Crippen LogP contribution is 2.08. The summed E-state index contributed by atoms with van der Waals surface area (Å²) in [5.41, 5.74) is 7.53. The Bertz CT molecular complexity index is 516. The molecule has 6 nitrogen and oxygen atoms in total. The molecule has 7 heteroatoms. The van der Waals surface area contributed by atoms with Crippen LogP contribution in [0.25, 0.3) is 0 Å². The van der Waals surface area contributed by atoms with Crippen LogP contribution in [0.15, 0.2) is 29.3 Å². The van der Waals surface area contributed by atoms with E-state index in [0.29, 0.717) is 37.8 Å². The number of carbonyl (C=O) groups is 1. The van der Waals surface area contributed by atoms with Crippen LogP contribution in [0.5, 0.6) is 0 Å². The van der Waals surface area contributed by atoms with Gasteiger partial charge in [-0.15, -0.1) is 24.0 Å². The summed E-state index contributed by atoms with van der Waals surface area (Å²) in [6.45, 7) is 8.39. The second-order valence-corrected chi connectivity index (χ2v) is 5.38. The average Bonchev–Trinajstić information content (AvgIpc) is 2.54. The fourth-order valence-electron chi connectivity index (χ4n) is 2.21. The molecule has 0 aliphatic carbocycles. The van der Waals surface area contributed by atoms with Gasteiger partial charge in [0.1, 0.15) is 0 Å².